The highest BCUT2D eigenvalue weighted by molar-refractivity contribution is 5.38. The Bertz CT molecular complexity index is 245. The van der Waals surface area contributed by atoms with E-state index >= 15 is 0 Å². The van der Waals surface area contributed by atoms with Gasteiger partial charge in [0.25, 0.3) is 0 Å². The zero-order valence-corrected chi connectivity index (χ0v) is 7.40. The second-order valence-corrected chi connectivity index (χ2v) is 3.53. The SMILES string of the molecule is C[C@H]1CCN(c2ccccn2)C1. The van der Waals surface area contributed by atoms with Gasteiger partial charge in [-0.25, -0.2) is 4.98 Å². The summed E-state index contributed by atoms with van der Waals surface area (Å²) < 4.78 is 0. The molecule has 0 amide bonds. The number of aromatic nitrogens is 1. The highest BCUT2D eigenvalue weighted by Gasteiger charge is 2.18. The zero-order valence-electron chi connectivity index (χ0n) is 7.40. The van der Waals surface area contributed by atoms with E-state index in [1.165, 1.54) is 6.42 Å². The normalized spacial score (nSPS) is 23.1. The van der Waals surface area contributed by atoms with Gasteiger partial charge in [0.15, 0.2) is 0 Å². The van der Waals surface area contributed by atoms with Crippen LogP contribution in [0.1, 0.15) is 13.3 Å². The zero-order chi connectivity index (χ0) is 8.39. The number of pyridine rings is 1. The Kier molecular flexibility index (Phi) is 1.98. The average molecular weight is 162 g/mol. The quantitative estimate of drug-likeness (QED) is 0.627. The Labute approximate surface area is 73.2 Å². The van der Waals surface area contributed by atoms with Crippen LogP contribution in [0.4, 0.5) is 5.82 Å². The van der Waals surface area contributed by atoms with E-state index in [2.05, 4.69) is 22.9 Å². The fourth-order valence-corrected chi connectivity index (χ4v) is 1.68. The smallest absolute Gasteiger partial charge is 0.128 e. The van der Waals surface area contributed by atoms with E-state index in [1.54, 1.807) is 0 Å². The number of hydrogen-bond acceptors (Lipinski definition) is 2. The van der Waals surface area contributed by atoms with E-state index in [9.17, 15) is 0 Å². The van der Waals surface area contributed by atoms with Crippen LogP contribution in [0.2, 0.25) is 0 Å². The molecule has 1 aliphatic rings. The molecule has 0 unspecified atom stereocenters. The fourth-order valence-electron chi connectivity index (χ4n) is 1.68. The topological polar surface area (TPSA) is 16.1 Å². The molecular weight excluding hydrogens is 148 g/mol. The van der Waals surface area contributed by atoms with Gasteiger partial charge in [0.05, 0.1) is 0 Å². The van der Waals surface area contributed by atoms with Crippen molar-refractivity contribution in [3.05, 3.63) is 24.4 Å². The third-order valence-electron chi connectivity index (χ3n) is 2.40. The van der Waals surface area contributed by atoms with Gasteiger partial charge in [-0.1, -0.05) is 13.0 Å². The highest BCUT2D eigenvalue weighted by Crippen LogP contribution is 2.20. The minimum atomic E-state index is 0.826. The van der Waals surface area contributed by atoms with Gasteiger partial charge < -0.3 is 4.90 Å². The summed E-state index contributed by atoms with van der Waals surface area (Å²) in [7, 11) is 0. The first-order valence-corrected chi connectivity index (χ1v) is 4.52. The summed E-state index contributed by atoms with van der Waals surface area (Å²) in [5.74, 6) is 1.95. The lowest BCUT2D eigenvalue weighted by Crippen LogP contribution is -2.19. The van der Waals surface area contributed by atoms with E-state index in [0.717, 1.165) is 24.8 Å². The summed E-state index contributed by atoms with van der Waals surface area (Å²) >= 11 is 0. The first-order valence-electron chi connectivity index (χ1n) is 4.52. The van der Waals surface area contributed by atoms with Crippen LogP contribution < -0.4 is 4.90 Å². The summed E-state index contributed by atoms with van der Waals surface area (Å²) in [5, 5.41) is 0. The predicted octanol–water partition coefficient (Wildman–Crippen LogP) is 1.93. The molecule has 0 saturated carbocycles. The summed E-state index contributed by atoms with van der Waals surface area (Å²) in [4.78, 5) is 6.67. The monoisotopic (exact) mass is 162 g/mol. The van der Waals surface area contributed by atoms with Gasteiger partial charge in [0.1, 0.15) is 5.82 Å². The summed E-state index contributed by atoms with van der Waals surface area (Å²) in [6, 6.07) is 6.09. The van der Waals surface area contributed by atoms with E-state index in [4.69, 9.17) is 0 Å². The van der Waals surface area contributed by atoms with Crippen LogP contribution in [0.15, 0.2) is 24.4 Å². The Morgan fingerprint density at radius 3 is 3.00 bits per heavy atom. The van der Waals surface area contributed by atoms with Gasteiger partial charge in [0, 0.05) is 19.3 Å². The third kappa shape index (κ3) is 1.42. The molecule has 1 atom stereocenters. The molecule has 0 bridgehead atoms. The lowest BCUT2D eigenvalue weighted by atomic mass is 10.2. The second kappa shape index (κ2) is 3.13. The standard InChI is InChI=1S/C10H14N2/c1-9-5-7-12(8-9)10-4-2-3-6-11-10/h2-4,6,9H,5,7-8H2,1H3/t9-/m0/s1. The van der Waals surface area contributed by atoms with Crippen molar-refractivity contribution in [2.24, 2.45) is 5.92 Å². The molecule has 1 aromatic heterocycles. The molecule has 2 heteroatoms. The molecule has 1 fully saturated rings. The molecule has 0 N–H and O–H groups in total. The van der Waals surface area contributed by atoms with Crippen molar-refractivity contribution < 1.29 is 0 Å². The van der Waals surface area contributed by atoms with Gasteiger partial charge >= 0.3 is 0 Å². The van der Waals surface area contributed by atoms with Crippen LogP contribution in [-0.2, 0) is 0 Å². The predicted molar refractivity (Wildman–Crippen MR) is 50.2 cm³/mol. The van der Waals surface area contributed by atoms with Gasteiger partial charge in [0.2, 0.25) is 0 Å². The van der Waals surface area contributed by atoms with E-state index in [-0.39, 0.29) is 0 Å². The minimum absolute atomic E-state index is 0.826. The van der Waals surface area contributed by atoms with Crippen LogP contribution in [0.3, 0.4) is 0 Å². The van der Waals surface area contributed by atoms with Crippen LogP contribution >= 0.6 is 0 Å². The molecule has 0 spiro atoms. The number of anilines is 1. The van der Waals surface area contributed by atoms with Crippen LogP contribution in [0.25, 0.3) is 0 Å². The summed E-state index contributed by atoms with van der Waals surface area (Å²) in [5.41, 5.74) is 0. The van der Waals surface area contributed by atoms with E-state index in [0.29, 0.717) is 0 Å². The van der Waals surface area contributed by atoms with Crippen molar-refractivity contribution in [1.29, 1.82) is 0 Å². The van der Waals surface area contributed by atoms with Crippen molar-refractivity contribution in [3.63, 3.8) is 0 Å². The van der Waals surface area contributed by atoms with E-state index < -0.39 is 0 Å². The van der Waals surface area contributed by atoms with Crippen LogP contribution in [0.5, 0.6) is 0 Å². The molecule has 1 saturated heterocycles. The molecule has 2 nitrogen and oxygen atoms in total. The van der Waals surface area contributed by atoms with Gasteiger partial charge in [-0.2, -0.15) is 0 Å². The highest BCUT2D eigenvalue weighted by atomic mass is 15.2. The summed E-state index contributed by atoms with van der Waals surface area (Å²) in [6.07, 6.45) is 3.16. The van der Waals surface area contributed by atoms with Gasteiger partial charge in [-0.05, 0) is 24.5 Å². The van der Waals surface area contributed by atoms with Crippen molar-refractivity contribution in [2.75, 3.05) is 18.0 Å². The fraction of sp³-hybridized carbons (Fsp3) is 0.500. The van der Waals surface area contributed by atoms with Crippen molar-refractivity contribution in [1.82, 2.24) is 4.98 Å². The first kappa shape index (κ1) is 7.59. The van der Waals surface area contributed by atoms with Crippen molar-refractivity contribution in [3.8, 4) is 0 Å². The molecule has 12 heavy (non-hydrogen) atoms. The lowest BCUT2D eigenvalue weighted by molar-refractivity contribution is 0.659. The maximum atomic E-state index is 4.32. The molecule has 2 heterocycles. The molecule has 0 aliphatic carbocycles. The summed E-state index contributed by atoms with van der Waals surface area (Å²) in [6.45, 7) is 4.62. The Hall–Kier alpha value is -1.05. The number of hydrogen-bond donors (Lipinski definition) is 0. The molecule has 0 aromatic carbocycles. The largest absolute Gasteiger partial charge is 0.356 e. The molecule has 64 valence electrons. The number of rotatable bonds is 1. The maximum absolute atomic E-state index is 4.32. The lowest BCUT2D eigenvalue weighted by Gasteiger charge is -2.15. The Balaban J connectivity index is 2.11. The maximum Gasteiger partial charge on any atom is 0.128 e. The van der Waals surface area contributed by atoms with Crippen molar-refractivity contribution >= 4 is 5.82 Å². The van der Waals surface area contributed by atoms with Crippen molar-refractivity contribution in [2.45, 2.75) is 13.3 Å². The Morgan fingerprint density at radius 1 is 1.50 bits per heavy atom. The average Bonchev–Trinajstić information content (AvgIpc) is 2.54. The Morgan fingerprint density at radius 2 is 2.42 bits per heavy atom. The molecular formula is C10H14N2. The van der Waals surface area contributed by atoms with Gasteiger partial charge in [-0.3, -0.25) is 0 Å². The first-order chi connectivity index (χ1) is 5.86. The third-order valence-corrected chi connectivity index (χ3v) is 2.40. The van der Waals surface area contributed by atoms with E-state index in [1.807, 2.05) is 18.3 Å². The minimum Gasteiger partial charge on any atom is -0.356 e. The molecule has 1 aromatic rings. The number of nitrogens with zero attached hydrogens (tertiary/aromatic N) is 2. The molecule has 1 aliphatic heterocycles. The second-order valence-electron chi connectivity index (χ2n) is 3.53. The van der Waals surface area contributed by atoms with Crippen LogP contribution in [-0.4, -0.2) is 18.1 Å². The molecule has 0 radical (unpaired) electrons. The van der Waals surface area contributed by atoms with Crippen LogP contribution in [0, 0.1) is 5.92 Å². The van der Waals surface area contributed by atoms with Gasteiger partial charge in [-0.15, -0.1) is 0 Å². The molecule has 2 rings (SSSR count).